The molecule has 0 saturated carbocycles. The lowest BCUT2D eigenvalue weighted by Crippen LogP contribution is -2.16. The van der Waals surface area contributed by atoms with Crippen molar-refractivity contribution in [3.05, 3.63) is 40.4 Å². The van der Waals surface area contributed by atoms with Gasteiger partial charge in [0.2, 0.25) is 0 Å². The minimum absolute atomic E-state index is 0.0832. The number of aryl methyl sites for hydroxylation is 1. The van der Waals surface area contributed by atoms with Gasteiger partial charge >= 0.3 is 6.18 Å². The summed E-state index contributed by atoms with van der Waals surface area (Å²) in [7, 11) is 1.53. The van der Waals surface area contributed by atoms with Gasteiger partial charge in [-0.2, -0.15) is 13.2 Å². The van der Waals surface area contributed by atoms with E-state index in [1.54, 1.807) is 12.3 Å². The Morgan fingerprint density at radius 1 is 1.33 bits per heavy atom. The molecule has 8 heteroatoms. The van der Waals surface area contributed by atoms with E-state index in [9.17, 15) is 18.0 Å². The van der Waals surface area contributed by atoms with Crippen molar-refractivity contribution in [2.24, 2.45) is 0 Å². The highest BCUT2D eigenvalue weighted by molar-refractivity contribution is 7.13. The van der Waals surface area contributed by atoms with E-state index < -0.39 is 17.6 Å². The Bertz CT molecular complexity index is 667. The molecule has 1 heterocycles. The number of rotatable bonds is 3. The molecule has 0 radical (unpaired) electrons. The summed E-state index contributed by atoms with van der Waals surface area (Å²) < 4.78 is 38.2. The van der Waals surface area contributed by atoms with Crippen LogP contribution in [0.5, 0.6) is 0 Å². The number of alkyl halides is 3. The normalized spacial score (nSPS) is 11.3. The maximum absolute atomic E-state index is 12.7. The fraction of sp³-hybridized carbons (Fsp3) is 0.231. The highest BCUT2D eigenvalue weighted by Gasteiger charge is 2.31. The number of hydrogen-bond acceptors (Lipinski definition) is 4. The van der Waals surface area contributed by atoms with Gasteiger partial charge in [0.05, 0.1) is 16.8 Å². The molecule has 0 aliphatic carbocycles. The first-order chi connectivity index (χ1) is 9.81. The topological polar surface area (TPSA) is 54.0 Å². The molecular weight excluding hydrogens is 303 g/mol. The summed E-state index contributed by atoms with van der Waals surface area (Å²) in [5, 5.41) is 7.28. The lowest BCUT2D eigenvalue weighted by Gasteiger charge is -2.12. The van der Waals surface area contributed by atoms with Crippen molar-refractivity contribution in [3.8, 4) is 0 Å². The van der Waals surface area contributed by atoms with E-state index in [-0.39, 0.29) is 5.56 Å². The summed E-state index contributed by atoms with van der Waals surface area (Å²) in [5.74, 6) is -0.639. The molecule has 0 fully saturated rings. The molecule has 2 aromatic rings. The second-order valence-corrected chi connectivity index (χ2v) is 5.11. The molecule has 4 nitrogen and oxygen atoms in total. The predicted molar refractivity (Wildman–Crippen MR) is 75.8 cm³/mol. The number of carbonyl (C=O) groups is 1. The lowest BCUT2D eigenvalue weighted by molar-refractivity contribution is -0.137. The number of hydrogen-bond donors (Lipinski definition) is 2. The van der Waals surface area contributed by atoms with Crippen LogP contribution in [0.3, 0.4) is 0 Å². The molecule has 0 saturated heterocycles. The van der Waals surface area contributed by atoms with Crippen molar-refractivity contribution in [1.82, 2.24) is 4.98 Å². The Labute approximate surface area is 123 Å². The van der Waals surface area contributed by atoms with E-state index in [4.69, 9.17) is 0 Å². The summed E-state index contributed by atoms with van der Waals surface area (Å²) in [6.45, 7) is 1.76. The van der Waals surface area contributed by atoms with Crippen molar-refractivity contribution in [2.45, 2.75) is 13.1 Å². The molecule has 1 aromatic carbocycles. The lowest BCUT2D eigenvalue weighted by atomic mass is 10.1. The van der Waals surface area contributed by atoms with Gasteiger partial charge in [-0.1, -0.05) is 0 Å². The maximum Gasteiger partial charge on any atom is 0.416 e. The average molecular weight is 315 g/mol. The SMILES string of the molecule is CNc1ccc(C(F)(F)F)cc1C(=O)Nc1nc(C)cs1. The zero-order chi connectivity index (χ0) is 15.6. The van der Waals surface area contributed by atoms with Crippen LogP contribution in [0.15, 0.2) is 23.6 Å². The molecule has 2 N–H and O–H groups in total. The molecule has 1 aromatic heterocycles. The molecule has 21 heavy (non-hydrogen) atoms. The standard InChI is InChI=1S/C13H12F3N3OS/c1-7-6-21-12(18-7)19-11(20)9-5-8(13(14,15)16)3-4-10(9)17-2/h3-6,17H,1-2H3,(H,18,19,20). The van der Waals surface area contributed by atoms with Gasteiger partial charge in [-0.3, -0.25) is 10.1 Å². The van der Waals surface area contributed by atoms with Crippen LogP contribution in [0.25, 0.3) is 0 Å². The second-order valence-electron chi connectivity index (χ2n) is 4.26. The van der Waals surface area contributed by atoms with Crippen LogP contribution in [0, 0.1) is 6.92 Å². The highest BCUT2D eigenvalue weighted by atomic mass is 32.1. The predicted octanol–water partition coefficient (Wildman–Crippen LogP) is 3.76. The minimum Gasteiger partial charge on any atom is -0.387 e. The number of nitrogens with one attached hydrogen (secondary N) is 2. The Morgan fingerprint density at radius 2 is 2.05 bits per heavy atom. The summed E-state index contributed by atoms with van der Waals surface area (Å²) in [4.78, 5) is 16.2. The third-order valence-corrected chi connectivity index (χ3v) is 3.58. The molecule has 0 aliphatic heterocycles. The largest absolute Gasteiger partial charge is 0.416 e. The molecule has 112 valence electrons. The van der Waals surface area contributed by atoms with Crippen LogP contribution < -0.4 is 10.6 Å². The first kappa shape index (κ1) is 15.3. The second kappa shape index (κ2) is 5.72. The molecule has 0 bridgehead atoms. The maximum atomic E-state index is 12.7. The third-order valence-electron chi connectivity index (χ3n) is 2.70. The van der Waals surface area contributed by atoms with Crippen molar-refractivity contribution in [1.29, 1.82) is 0 Å². The Balaban J connectivity index is 2.34. The molecule has 1 amide bonds. The van der Waals surface area contributed by atoms with Crippen LogP contribution in [0.2, 0.25) is 0 Å². The van der Waals surface area contributed by atoms with Gasteiger partial charge in [-0.25, -0.2) is 4.98 Å². The molecular formula is C13H12F3N3OS. The molecule has 0 atom stereocenters. The van der Waals surface area contributed by atoms with Crippen LogP contribution >= 0.6 is 11.3 Å². The van der Waals surface area contributed by atoms with E-state index in [2.05, 4.69) is 15.6 Å². The fourth-order valence-electron chi connectivity index (χ4n) is 1.70. The van der Waals surface area contributed by atoms with Crippen LogP contribution in [-0.2, 0) is 6.18 Å². The van der Waals surface area contributed by atoms with E-state index in [0.717, 1.165) is 17.8 Å². The van der Waals surface area contributed by atoms with Crippen molar-refractivity contribution in [3.63, 3.8) is 0 Å². The number of thiazole rings is 1. The fourth-order valence-corrected chi connectivity index (χ4v) is 2.39. The molecule has 0 spiro atoms. The Morgan fingerprint density at radius 3 is 2.57 bits per heavy atom. The van der Waals surface area contributed by atoms with Crippen LogP contribution in [-0.4, -0.2) is 17.9 Å². The van der Waals surface area contributed by atoms with Gasteiger partial charge in [-0.05, 0) is 25.1 Å². The smallest absolute Gasteiger partial charge is 0.387 e. The van der Waals surface area contributed by atoms with E-state index >= 15 is 0 Å². The Kier molecular flexibility index (Phi) is 4.17. The van der Waals surface area contributed by atoms with Crippen LogP contribution in [0.4, 0.5) is 24.0 Å². The summed E-state index contributed by atoms with van der Waals surface area (Å²) >= 11 is 1.21. The van der Waals surface area contributed by atoms with Crippen molar-refractivity contribution in [2.75, 3.05) is 17.7 Å². The molecule has 0 unspecified atom stereocenters. The van der Waals surface area contributed by atoms with Crippen LogP contribution in [0.1, 0.15) is 21.6 Å². The average Bonchev–Trinajstić information content (AvgIpc) is 2.82. The zero-order valence-electron chi connectivity index (χ0n) is 11.2. The zero-order valence-corrected chi connectivity index (χ0v) is 12.0. The number of nitrogens with zero attached hydrogens (tertiary/aromatic N) is 1. The van der Waals surface area contributed by atoms with Crippen molar-refractivity contribution < 1.29 is 18.0 Å². The number of aromatic nitrogens is 1. The number of benzene rings is 1. The van der Waals surface area contributed by atoms with Crippen molar-refractivity contribution >= 4 is 28.1 Å². The first-order valence-electron chi connectivity index (χ1n) is 5.93. The van der Waals surface area contributed by atoms with Gasteiger partial charge in [0.1, 0.15) is 0 Å². The highest BCUT2D eigenvalue weighted by Crippen LogP contribution is 2.32. The number of anilines is 2. The summed E-state index contributed by atoms with van der Waals surface area (Å²) in [6, 6.07) is 2.97. The summed E-state index contributed by atoms with van der Waals surface area (Å²) in [6.07, 6.45) is -4.50. The number of amides is 1. The van der Waals surface area contributed by atoms with Gasteiger partial charge in [0.15, 0.2) is 5.13 Å². The number of halogens is 3. The van der Waals surface area contributed by atoms with E-state index in [0.29, 0.717) is 10.8 Å². The summed E-state index contributed by atoms with van der Waals surface area (Å²) in [5.41, 5.74) is 0.0871. The third kappa shape index (κ3) is 3.52. The minimum atomic E-state index is -4.50. The van der Waals surface area contributed by atoms with Gasteiger partial charge in [-0.15, -0.1) is 11.3 Å². The molecule has 0 aliphatic rings. The van der Waals surface area contributed by atoms with E-state index in [1.165, 1.54) is 24.5 Å². The van der Waals surface area contributed by atoms with Gasteiger partial charge < -0.3 is 5.32 Å². The first-order valence-corrected chi connectivity index (χ1v) is 6.81. The molecule has 2 rings (SSSR count). The number of carbonyl (C=O) groups excluding carboxylic acids is 1. The Hall–Kier alpha value is -2.09. The quantitative estimate of drug-likeness (QED) is 0.906. The monoisotopic (exact) mass is 315 g/mol. The van der Waals surface area contributed by atoms with Gasteiger partial charge in [0, 0.05) is 18.1 Å². The van der Waals surface area contributed by atoms with E-state index in [1.807, 2.05) is 0 Å². The van der Waals surface area contributed by atoms with Gasteiger partial charge in [0.25, 0.3) is 5.91 Å².